The molecule has 0 bridgehead atoms. The van der Waals surface area contributed by atoms with Gasteiger partial charge >= 0.3 is 26.2 Å². The van der Waals surface area contributed by atoms with E-state index < -0.39 is 7.92 Å². The van der Waals surface area contributed by atoms with Crippen LogP contribution in [0.5, 0.6) is 0 Å². The third-order valence-electron chi connectivity index (χ3n) is 4.80. The van der Waals surface area contributed by atoms with Gasteiger partial charge in [0.1, 0.15) is 0 Å². The fourth-order valence-electron chi connectivity index (χ4n) is 3.34. The summed E-state index contributed by atoms with van der Waals surface area (Å²) < 4.78 is 0. The molecule has 0 heterocycles. The first-order valence-corrected chi connectivity index (χ1v) is 12.2. The summed E-state index contributed by atoms with van der Waals surface area (Å²) in [5.41, 5.74) is 0. The van der Waals surface area contributed by atoms with Gasteiger partial charge in [-0.25, -0.2) is 12.2 Å². The molecule has 0 aromatic heterocycles. The van der Waals surface area contributed by atoms with Gasteiger partial charge in [0.25, 0.3) is 0 Å². The minimum Gasteiger partial charge on any atom is -0.273 e. The van der Waals surface area contributed by atoms with Crippen LogP contribution in [0, 0.1) is 6.08 Å². The number of hydrogen-bond donors (Lipinski definition) is 0. The van der Waals surface area contributed by atoms with E-state index in [4.69, 9.17) is 0 Å². The van der Waals surface area contributed by atoms with Gasteiger partial charge in [0.05, 0.1) is 0 Å². The molecule has 0 radical (unpaired) electrons. The Morgan fingerprint density at radius 2 is 1.48 bits per heavy atom. The minimum atomic E-state index is -0.493. The van der Waals surface area contributed by atoms with Gasteiger partial charge < -0.3 is 0 Å². The average Bonchev–Trinajstić information content (AvgIpc) is 3.55. The fraction of sp³-hybridized carbons (Fsp3) is 0.0645. The molecule has 1 aliphatic carbocycles. The number of rotatable bonds is 4. The van der Waals surface area contributed by atoms with E-state index in [0.29, 0.717) is 0 Å². The maximum absolute atomic E-state index is 3.46. The molecule has 162 valence electrons. The van der Waals surface area contributed by atoms with Crippen LogP contribution in [0.15, 0.2) is 140 Å². The van der Waals surface area contributed by atoms with E-state index in [2.05, 4.69) is 116 Å². The Kier molecular flexibility index (Phi) is 12.5. The molecule has 0 saturated carbocycles. The Morgan fingerprint density at radius 3 is 1.91 bits per heavy atom. The van der Waals surface area contributed by atoms with E-state index in [1.807, 2.05) is 31.2 Å². The molecule has 2 heteroatoms. The van der Waals surface area contributed by atoms with Gasteiger partial charge in [0, 0.05) is 0 Å². The smallest absolute Gasteiger partial charge is 0.273 e. The Labute approximate surface area is 219 Å². The zero-order chi connectivity index (χ0) is 22.4. The molecular formula is C31H29PZr. The molecule has 0 saturated heterocycles. The first-order valence-electron chi connectivity index (χ1n) is 10.8. The molecule has 0 fully saturated rings. The Hall–Kier alpha value is -2.46. The van der Waals surface area contributed by atoms with Gasteiger partial charge in [-0.15, -0.1) is 46.8 Å². The van der Waals surface area contributed by atoms with Crippen molar-refractivity contribution >= 4 is 34.6 Å². The van der Waals surface area contributed by atoms with Crippen molar-refractivity contribution in [3.8, 4) is 0 Å². The summed E-state index contributed by atoms with van der Waals surface area (Å²) in [6.45, 7) is 5.42. The topological polar surface area (TPSA) is 0 Å². The predicted molar refractivity (Wildman–Crippen MR) is 145 cm³/mol. The second-order valence-electron chi connectivity index (χ2n) is 7.11. The second kappa shape index (κ2) is 15.4. The maximum atomic E-state index is 3.46. The summed E-state index contributed by atoms with van der Waals surface area (Å²) in [4.78, 5) is 0. The molecule has 0 spiro atoms. The largest absolute Gasteiger partial charge is 2.00 e. The van der Waals surface area contributed by atoms with Crippen LogP contribution in [0.2, 0.25) is 0 Å². The van der Waals surface area contributed by atoms with Crippen LogP contribution in [0.1, 0.15) is 13.3 Å². The van der Waals surface area contributed by atoms with E-state index >= 15 is 0 Å². The van der Waals surface area contributed by atoms with Gasteiger partial charge in [-0.05, 0) is 25.5 Å². The molecule has 1 aliphatic rings. The third kappa shape index (κ3) is 8.44. The summed E-state index contributed by atoms with van der Waals surface area (Å²) in [6, 6.07) is 35.0. The number of fused-ring (bicyclic) bond motifs is 1. The van der Waals surface area contributed by atoms with Gasteiger partial charge in [-0.1, -0.05) is 91.5 Å². The quantitative estimate of drug-likeness (QED) is 0.149. The van der Waals surface area contributed by atoms with Gasteiger partial charge in [-0.2, -0.15) is 12.1 Å². The normalized spacial score (nSPS) is 11.5. The van der Waals surface area contributed by atoms with Gasteiger partial charge in [0.15, 0.2) is 0 Å². The van der Waals surface area contributed by atoms with Crippen molar-refractivity contribution in [2.75, 3.05) is 0 Å². The first kappa shape index (κ1) is 26.8. The van der Waals surface area contributed by atoms with E-state index in [9.17, 15) is 0 Å². The molecule has 0 nitrogen and oxygen atoms in total. The van der Waals surface area contributed by atoms with Crippen molar-refractivity contribution in [2.45, 2.75) is 13.3 Å². The summed E-state index contributed by atoms with van der Waals surface area (Å²) in [5.74, 6) is 0. The van der Waals surface area contributed by atoms with Crippen molar-refractivity contribution < 1.29 is 26.2 Å². The van der Waals surface area contributed by atoms with Crippen molar-refractivity contribution in [1.82, 2.24) is 0 Å². The Balaban J connectivity index is 0.000000294. The van der Waals surface area contributed by atoms with Crippen LogP contribution in [0.3, 0.4) is 0 Å². The van der Waals surface area contributed by atoms with Gasteiger partial charge in [-0.3, -0.25) is 6.08 Å². The van der Waals surface area contributed by atoms with Crippen molar-refractivity contribution in [3.63, 3.8) is 0 Å². The summed E-state index contributed by atoms with van der Waals surface area (Å²) in [7, 11) is -0.493. The second-order valence-corrected chi connectivity index (χ2v) is 9.33. The van der Waals surface area contributed by atoms with Gasteiger partial charge in [0.2, 0.25) is 0 Å². The minimum absolute atomic E-state index is 0. The number of allylic oxidation sites excluding steroid dienone is 7. The zero-order valence-corrected chi connectivity index (χ0v) is 22.4. The first-order chi connectivity index (χ1) is 15.8. The van der Waals surface area contributed by atoms with Crippen LogP contribution < -0.4 is 15.9 Å². The molecule has 5 rings (SSSR count). The zero-order valence-electron chi connectivity index (χ0n) is 19.1. The summed E-state index contributed by atoms with van der Waals surface area (Å²) >= 11 is 0. The van der Waals surface area contributed by atoms with Crippen molar-refractivity contribution in [2.24, 2.45) is 0 Å². The molecule has 0 atom stereocenters. The molecule has 4 aromatic carbocycles. The maximum Gasteiger partial charge on any atom is 2.00 e. The number of hydrogen-bond acceptors (Lipinski definition) is 0. The third-order valence-corrected chi connectivity index (χ3v) is 7.21. The molecule has 0 N–H and O–H groups in total. The molecule has 0 amide bonds. The van der Waals surface area contributed by atoms with Crippen LogP contribution in [0.4, 0.5) is 0 Å². The van der Waals surface area contributed by atoms with Crippen LogP contribution in [-0.2, 0) is 26.2 Å². The van der Waals surface area contributed by atoms with Crippen LogP contribution >= 0.6 is 7.92 Å². The van der Waals surface area contributed by atoms with Crippen molar-refractivity contribution in [1.29, 1.82) is 0 Å². The Morgan fingerprint density at radius 1 is 0.879 bits per heavy atom. The van der Waals surface area contributed by atoms with E-state index in [0.717, 1.165) is 6.42 Å². The predicted octanol–water partition coefficient (Wildman–Crippen LogP) is 7.37. The van der Waals surface area contributed by atoms with E-state index in [1.54, 1.807) is 6.08 Å². The molecule has 0 aliphatic heterocycles. The molecular weight excluding hydrogens is 495 g/mol. The molecule has 33 heavy (non-hydrogen) atoms. The van der Waals surface area contributed by atoms with Crippen molar-refractivity contribution in [3.05, 3.63) is 146 Å². The molecule has 0 unspecified atom stereocenters. The summed E-state index contributed by atoms with van der Waals surface area (Å²) in [5, 5.41) is 6.89. The van der Waals surface area contributed by atoms with E-state index in [1.165, 1.54) is 26.7 Å². The number of benzene rings is 3. The monoisotopic (exact) mass is 522 g/mol. The Bertz CT molecular complexity index is 1080. The molecule has 4 aromatic rings. The SMILES string of the molecule is C=C/C=C/C.[C-]1=CC=CC1.[Zr+2].c1ccc(P(c2ccccc2)c2cc3ccccc3[cH-]2)cc1. The van der Waals surface area contributed by atoms with E-state index in [-0.39, 0.29) is 26.2 Å². The summed E-state index contributed by atoms with van der Waals surface area (Å²) in [6.07, 6.45) is 15.6. The fourth-order valence-corrected chi connectivity index (χ4v) is 5.71. The van der Waals surface area contributed by atoms with Crippen LogP contribution in [-0.4, -0.2) is 0 Å². The van der Waals surface area contributed by atoms with Crippen LogP contribution in [0.25, 0.3) is 10.8 Å². The standard InChI is InChI=1S/C21H16P.C5H5.C5H8.Zr/c1-3-11-19(12-4-1)22(20-13-5-2-6-14-20)21-15-17-9-7-8-10-18(17)16-21;1-2-4-5-3-1;1-3-5-4-2;/h1-16H;1-3H,4H2;3-5H,1H2,2H3;/q2*-1;;+2/b;;5-4+;. The average molecular weight is 524 g/mol.